The summed E-state index contributed by atoms with van der Waals surface area (Å²) in [6.45, 7) is 14.4. The summed E-state index contributed by atoms with van der Waals surface area (Å²) in [6, 6.07) is 0. The molecular weight excluding hydrogens is 320 g/mol. The lowest BCUT2D eigenvalue weighted by Gasteiger charge is -2.40. The standard InChI is InChI=1S/C22H48N2Si/c1-5-9-17-23(18-10-6-2)22(16-14-13-15-21-25)24(19-11-7-3)20-12-8-4/h15,21-22H,5-14,16-20H2,1-4,25H3. The zero-order valence-corrected chi connectivity index (χ0v) is 20.2. The van der Waals surface area contributed by atoms with Crippen LogP contribution >= 0.6 is 0 Å². The van der Waals surface area contributed by atoms with Gasteiger partial charge in [0.2, 0.25) is 0 Å². The molecule has 0 spiro atoms. The summed E-state index contributed by atoms with van der Waals surface area (Å²) in [7, 11) is 1.20. The van der Waals surface area contributed by atoms with Crippen molar-refractivity contribution in [2.75, 3.05) is 26.2 Å². The van der Waals surface area contributed by atoms with Gasteiger partial charge in [0, 0.05) is 10.2 Å². The molecule has 0 radical (unpaired) electrons. The van der Waals surface area contributed by atoms with Crippen molar-refractivity contribution in [3.63, 3.8) is 0 Å². The fraction of sp³-hybridized carbons (Fsp3) is 0.909. The molecule has 0 aromatic heterocycles. The van der Waals surface area contributed by atoms with Gasteiger partial charge in [-0.3, -0.25) is 9.80 Å². The molecule has 0 unspecified atom stereocenters. The van der Waals surface area contributed by atoms with E-state index in [1.807, 2.05) is 0 Å². The van der Waals surface area contributed by atoms with E-state index in [2.05, 4.69) is 49.3 Å². The van der Waals surface area contributed by atoms with Gasteiger partial charge < -0.3 is 0 Å². The fourth-order valence-electron chi connectivity index (χ4n) is 3.45. The average Bonchev–Trinajstić information content (AvgIpc) is 2.63. The second kappa shape index (κ2) is 18.7. The Labute approximate surface area is 162 Å². The van der Waals surface area contributed by atoms with Crippen LogP contribution in [-0.4, -0.2) is 52.4 Å². The number of unbranched alkanes of at least 4 members (excludes halogenated alkanes) is 5. The van der Waals surface area contributed by atoms with Crippen molar-refractivity contribution in [1.82, 2.24) is 9.80 Å². The number of allylic oxidation sites excluding steroid dienone is 1. The van der Waals surface area contributed by atoms with Crippen LogP contribution < -0.4 is 0 Å². The number of nitrogens with zero attached hydrogens (tertiary/aromatic N) is 2. The Balaban J connectivity index is 5.07. The third-order valence-electron chi connectivity index (χ3n) is 5.11. The summed E-state index contributed by atoms with van der Waals surface area (Å²) in [5.41, 5.74) is 2.34. The maximum absolute atomic E-state index is 2.84. The van der Waals surface area contributed by atoms with Gasteiger partial charge in [0.1, 0.15) is 0 Å². The van der Waals surface area contributed by atoms with Crippen LogP contribution in [0.25, 0.3) is 0 Å². The molecule has 0 fully saturated rings. The Morgan fingerprint density at radius 2 is 1.08 bits per heavy atom. The van der Waals surface area contributed by atoms with Gasteiger partial charge >= 0.3 is 0 Å². The largest absolute Gasteiger partial charge is 0.288 e. The van der Waals surface area contributed by atoms with Crippen molar-refractivity contribution in [1.29, 1.82) is 0 Å². The first-order chi connectivity index (χ1) is 12.2. The van der Waals surface area contributed by atoms with Crippen molar-refractivity contribution >= 4 is 10.2 Å². The zero-order valence-electron chi connectivity index (χ0n) is 18.2. The SMILES string of the molecule is CCCCN(CCCC)C(CCCC=C[SiH3])N(CCCC)CCCC. The van der Waals surface area contributed by atoms with E-state index < -0.39 is 0 Å². The molecule has 0 aliphatic heterocycles. The molecule has 0 aromatic rings. The van der Waals surface area contributed by atoms with Crippen LogP contribution in [0.2, 0.25) is 0 Å². The quantitative estimate of drug-likeness (QED) is 0.187. The van der Waals surface area contributed by atoms with Gasteiger partial charge in [-0.25, -0.2) is 0 Å². The van der Waals surface area contributed by atoms with Crippen LogP contribution in [0.4, 0.5) is 0 Å². The highest BCUT2D eigenvalue weighted by molar-refractivity contribution is 6.16. The lowest BCUT2D eigenvalue weighted by atomic mass is 10.1. The molecule has 0 rings (SSSR count). The predicted molar refractivity (Wildman–Crippen MR) is 119 cm³/mol. The predicted octanol–water partition coefficient (Wildman–Crippen LogP) is 5.17. The minimum absolute atomic E-state index is 0.665. The Hall–Kier alpha value is -0.123. The summed E-state index contributed by atoms with van der Waals surface area (Å²) in [5, 5.41) is 0. The van der Waals surface area contributed by atoms with Crippen molar-refractivity contribution in [3.8, 4) is 0 Å². The molecule has 2 nitrogen and oxygen atoms in total. The topological polar surface area (TPSA) is 6.48 Å². The highest BCUT2D eigenvalue weighted by atomic mass is 28.1. The van der Waals surface area contributed by atoms with Gasteiger partial charge in [0.05, 0.1) is 6.17 Å². The highest BCUT2D eigenvalue weighted by Crippen LogP contribution is 2.18. The number of rotatable bonds is 18. The maximum Gasteiger partial charge on any atom is 0.0622 e. The number of hydrogen-bond donors (Lipinski definition) is 0. The fourth-order valence-corrected chi connectivity index (χ4v) is 3.78. The van der Waals surface area contributed by atoms with E-state index >= 15 is 0 Å². The molecule has 3 heteroatoms. The van der Waals surface area contributed by atoms with E-state index in [0.29, 0.717) is 6.17 Å². The monoisotopic (exact) mass is 368 g/mol. The van der Waals surface area contributed by atoms with Crippen molar-refractivity contribution < 1.29 is 0 Å². The van der Waals surface area contributed by atoms with E-state index in [-0.39, 0.29) is 0 Å². The van der Waals surface area contributed by atoms with E-state index in [1.54, 1.807) is 0 Å². The molecule has 0 saturated carbocycles. The summed E-state index contributed by atoms with van der Waals surface area (Å²) >= 11 is 0. The van der Waals surface area contributed by atoms with Crippen LogP contribution in [-0.2, 0) is 0 Å². The van der Waals surface area contributed by atoms with Crippen LogP contribution in [0.5, 0.6) is 0 Å². The van der Waals surface area contributed by atoms with Gasteiger partial charge in [0.25, 0.3) is 0 Å². The normalized spacial score (nSPS) is 12.4. The molecule has 0 aliphatic rings. The molecule has 0 N–H and O–H groups in total. The maximum atomic E-state index is 2.84. The Kier molecular flexibility index (Phi) is 18.6. The Morgan fingerprint density at radius 3 is 1.40 bits per heavy atom. The molecular formula is C22H48N2Si. The van der Waals surface area contributed by atoms with Crippen molar-refractivity contribution in [3.05, 3.63) is 11.8 Å². The second-order valence-corrected chi connectivity index (χ2v) is 8.13. The molecule has 25 heavy (non-hydrogen) atoms. The molecule has 0 saturated heterocycles. The van der Waals surface area contributed by atoms with Gasteiger partial charge in [-0.15, -0.1) is 5.70 Å². The van der Waals surface area contributed by atoms with Crippen LogP contribution in [0.1, 0.15) is 98.3 Å². The lowest BCUT2D eigenvalue weighted by molar-refractivity contribution is 0.0299. The molecule has 0 amide bonds. The highest BCUT2D eigenvalue weighted by Gasteiger charge is 2.23. The van der Waals surface area contributed by atoms with Gasteiger partial charge in [-0.05, 0) is 71.1 Å². The second-order valence-electron chi connectivity index (χ2n) is 7.47. The van der Waals surface area contributed by atoms with E-state index in [9.17, 15) is 0 Å². The smallest absolute Gasteiger partial charge is 0.0622 e. The molecule has 0 aromatic carbocycles. The van der Waals surface area contributed by atoms with Crippen LogP contribution in [0, 0.1) is 0 Å². The molecule has 0 atom stereocenters. The molecule has 0 aliphatic carbocycles. The zero-order chi connectivity index (χ0) is 18.8. The van der Waals surface area contributed by atoms with Crippen molar-refractivity contribution in [2.45, 2.75) is 104 Å². The minimum atomic E-state index is 0.665. The summed E-state index contributed by atoms with van der Waals surface area (Å²) in [4.78, 5) is 5.67. The van der Waals surface area contributed by atoms with E-state index in [4.69, 9.17) is 0 Å². The van der Waals surface area contributed by atoms with E-state index in [1.165, 1.54) is 107 Å². The first kappa shape index (κ1) is 24.9. The van der Waals surface area contributed by atoms with Gasteiger partial charge in [-0.1, -0.05) is 59.5 Å². The molecule has 150 valence electrons. The third-order valence-corrected chi connectivity index (χ3v) is 5.58. The first-order valence-corrected chi connectivity index (χ1v) is 12.5. The lowest BCUT2D eigenvalue weighted by Crippen LogP contribution is -2.50. The summed E-state index contributed by atoms with van der Waals surface area (Å²) in [5.74, 6) is 0. The number of hydrogen-bond acceptors (Lipinski definition) is 2. The third kappa shape index (κ3) is 12.8. The average molecular weight is 369 g/mol. The van der Waals surface area contributed by atoms with Gasteiger partial charge in [0.15, 0.2) is 0 Å². The first-order valence-electron chi connectivity index (χ1n) is 11.3. The van der Waals surface area contributed by atoms with Crippen molar-refractivity contribution in [2.24, 2.45) is 0 Å². The Morgan fingerprint density at radius 1 is 0.680 bits per heavy atom. The van der Waals surface area contributed by atoms with Crippen LogP contribution in [0.15, 0.2) is 11.8 Å². The molecule has 0 heterocycles. The Bertz CT molecular complexity index is 258. The minimum Gasteiger partial charge on any atom is -0.288 e. The van der Waals surface area contributed by atoms with Gasteiger partial charge in [-0.2, -0.15) is 0 Å². The summed E-state index contributed by atoms with van der Waals surface area (Å²) < 4.78 is 0. The summed E-state index contributed by atoms with van der Waals surface area (Å²) in [6.07, 6.45) is 17.6. The van der Waals surface area contributed by atoms with E-state index in [0.717, 1.165) is 0 Å². The van der Waals surface area contributed by atoms with Crippen LogP contribution in [0.3, 0.4) is 0 Å². The molecule has 0 bridgehead atoms.